The maximum Gasteiger partial charge on any atom is 0.242 e. The van der Waals surface area contributed by atoms with Crippen LogP contribution in [0.1, 0.15) is 6.92 Å². The smallest absolute Gasteiger partial charge is 0.242 e. The van der Waals surface area contributed by atoms with E-state index in [1.54, 1.807) is 0 Å². The van der Waals surface area contributed by atoms with Crippen LogP contribution in [-0.4, -0.2) is 30.3 Å². The van der Waals surface area contributed by atoms with Crippen molar-refractivity contribution in [2.45, 2.75) is 6.92 Å². The highest BCUT2D eigenvalue weighted by Crippen LogP contribution is 1.81. The van der Waals surface area contributed by atoms with Gasteiger partial charge in [0.1, 0.15) is 0 Å². The predicted octanol–water partition coefficient (Wildman–Crippen LogP) is -1.05. The van der Waals surface area contributed by atoms with E-state index in [4.69, 9.17) is 5.73 Å². The lowest BCUT2D eigenvalue weighted by atomic mass is 10.5. The monoisotopic (exact) mass is 130 g/mol. The predicted molar refractivity (Wildman–Crippen MR) is 32.5 cm³/mol. The van der Waals surface area contributed by atoms with Crippen LogP contribution in [0, 0.1) is 0 Å². The fourth-order valence-electron chi connectivity index (χ4n) is 0.313. The molecule has 4 heteroatoms. The number of amides is 2. The van der Waals surface area contributed by atoms with Crippen molar-refractivity contribution < 1.29 is 9.59 Å². The van der Waals surface area contributed by atoms with Crippen LogP contribution in [0.5, 0.6) is 0 Å². The fraction of sp³-hybridized carbons (Fsp3) is 0.600. The van der Waals surface area contributed by atoms with E-state index in [1.165, 1.54) is 14.0 Å². The topological polar surface area (TPSA) is 63.4 Å². The number of imide groups is 1. The van der Waals surface area contributed by atoms with Crippen molar-refractivity contribution >= 4 is 11.8 Å². The number of hydrogen-bond acceptors (Lipinski definition) is 3. The van der Waals surface area contributed by atoms with Gasteiger partial charge in [-0.3, -0.25) is 14.5 Å². The summed E-state index contributed by atoms with van der Waals surface area (Å²) in [5.41, 5.74) is 4.97. The van der Waals surface area contributed by atoms with Crippen LogP contribution in [0.15, 0.2) is 0 Å². The summed E-state index contributed by atoms with van der Waals surface area (Å²) in [6, 6.07) is 0. The summed E-state index contributed by atoms with van der Waals surface area (Å²) in [7, 11) is 1.40. The Morgan fingerprint density at radius 1 is 1.56 bits per heavy atom. The number of carbonyl (C=O) groups is 2. The summed E-state index contributed by atoms with van der Waals surface area (Å²) in [6.45, 7) is 1.20. The minimum atomic E-state index is -0.359. The largest absolute Gasteiger partial charge is 0.322 e. The summed E-state index contributed by atoms with van der Waals surface area (Å²) in [4.78, 5) is 21.9. The van der Waals surface area contributed by atoms with E-state index in [9.17, 15) is 9.59 Å². The van der Waals surface area contributed by atoms with Crippen LogP contribution in [0.25, 0.3) is 0 Å². The van der Waals surface area contributed by atoms with Crippen molar-refractivity contribution in [3.8, 4) is 0 Å². The Bertz CT molecular complexity index is 133. The number of carbonyl (C=O) groups excluding carboxylic acids is 2. The lowest BCUT2D eigenvalue weighted by Crippen LogP contribution is -2.35. The molecule has 2 amide bonds. The molecule has 0 aliphatic carbocycles. The third kappa shape index (κ3) is 2.23. The van der Waals surface area contributed by atoms with Crippen molar-refractivity contribution in [1.82, 2.24) is 4.90 Å². The highest BCUT2D eigenvalue weighted by Gasteiger charge is 2.08. The third-order valence-corrected chi connectivity index (χ3v) is 1.02. The first kappa shape index (κ1) is 8.10. The molecule has 0 heterocycles. The molecule has 9 heavy (non-hydrogen) atoms. The van der Waals surface area contributed by atoms with Crippen molar-refractivity contribution in [3.63, 3.8) is 0 Å². The summed E-state index contributed by atoms with van der Waals surface area (Å²) >= 11 is 0. The second-order valence-electron chi connectivity index (χ2n) is 1.68. The van der Waals surface area contributed by atoms with E-state index in [2.05, 4.69) is 0 Å². The van der Waals surface area contributed by atoms with E-state index in [-0.39, 0.29) is 18.4 Å². The molecule has 0 bridgehead atoms. The molecule has 0 rings (SSSR count). The zero-order chi connectivity index (χ0) is 7.44. The molecule has 0 aromatic heterocycles. The Morgan fingerprint density at radius 2 is 2.00 bits per heavy atom. The minimum absolute atomic E-state index is 0.115. The van der Waals surface area contributed by atoms with Crippen LogP contribution in [0.2, 0.25) is 0 Å². The Balaban J connectivity index is 3.88. The molecular formula is C5H10N2O2. The van der Waals surface area contributed by atoms with Gasteiger partial charge in [0.25, 0.3) is 0 Å². The second-order valence-corrected chi connectivity index (χ2v) is 1.68. The molecule has 0 aromatic carbocycles. The molecule has 2 N–H and O–H groups in total. The fourth-order valence-corrected chi connectivity index (χ4v) is 0.313. The van der Waals surface area contributed by atoms with E-state index >= 15 is 0 Å². The van der Waals surface area contributed by atoms with Crippen molar-refractivity contribution in [3.05, 3.63) is 0 Å². The standard InChI is InChI=1S/C5H10N2O2/c1-4(8)7(2)5(9)3-6/h3,6H2,1-2H3. The van der Waals surface area contributed by atoms with Gasteiger partial charge in [-0.1, -0.05) is 0 Å². The maximum absolute atomic E-state index is 10.5. The lowest BCUT2D eigenvalue weighted by molar-refractivity contribution is -0.140. The highest BCUT2D eigenvalue weighted by atomic mass is 16.2. The van der Waals surface area contributed by atoms with Gasteiger partial charge in [-0.2, -0.15) is 0 Å². The first-order chi connectivity index (χ1) is 4.09. The molecule has 0 atom stereocenters. The molecule has 0 saturated heterocycles. The van der Waals surface area contributed by atoms with Gasteiger partial charge in [0.15, 0.2) is 0 Å². The number of likely N-dealkylation sites (N-methyl/N-ethyl adjacent to an activating group) is 1. The van der Waals surface area contributed by atoms with E-state index in [0.29, 0.717) is 0 Å². The third-order valence-electron chi connectivity index (χ3n) is 1.02. The second kappa shape index (κ2) is 3.19. The number of hydrogen-bond donors (Lipinski definition) is 1. The lowest BCUT2D eigenvalue weighted by Gasteiger charge is -2.09. The van der Waals surface area contributed by atoms with E-state index in [1.807, 2.05) is 0 Å². The highest BCUT2D eigenvalue weighted by molar-refractivity contribution is 5.94. The Hall–Kier alpha value is -0.900. The average Bonchev–Trinajstić information content (AvgIpc) is 1.84. The minimum Gasteiger partial charge on any atom is -0.322 e. The summed E-state index contributed by atoms with van der Waals surface area (Å²) in [5, 5.41) is 0. The van der Waals surface area contributed by atoms with Crippen molar-refractivity contribution in [1.29, 1.82) is 0 Å². The summed E-state index contributed by atoms with van der Waals surface area (Å²) in [5.74, 6) is -0.645. The molecule has 0 unspecified atom stereocenters. The van der Waals surface area contributed by atoms with Gasteiger partial charge in [-0.05, 0) is 0 Å². The van der Waals surface area contributed by atoms with Crippen LogP contribution in [0.4, 0.5) is 0 Å². The number of rotatable bonds is 1. The average molecular weight is 130 g/mol. The Kier molecular flexibility index (Phi) is 2.87. The Morgan fingerprint density at radius 3 is 2.11 bits per heavy atom. The molecule has 0 spiro atoms. The molecule has 0 aliphatic rings. The molecule has 0 aromatic rings. The van der Waals surface area contributed by atoms with E-state index < -0.39 is 0 Å². The number of nitrogens with two attached hydrogens (primary N) is 1. The summed E-state index contributed by atoms with van der Waals surface area (Å²) < 4.78 is 0. The van der Waals surface area contributed by atoms with Crippen LogP contribution >= 0.6 is 0 Å². The molecule has 4 nitrogen and oxygen atoms in total. The van der Waals surface area contributed by atoms with Crippen LogP contribution < -0.4 is 5.73 Å². The van der Waals surface area contributed by atoms with Crippen molar-refractivity contribution in [2.24, 2.45) is 5.73 Å². The summed E-state index contributed by atoms with van der Waals surface area (Å²) in [6.07, 6.45) is 0. The number of nitrogens with zero attached hydrogens (tertiary/aromatic N) is 1. The Labute approximate surface area is 53.6 Å². The molecular weight excluding hydrogens is 120 g/mol. The van der Waals surface area contributed by atoms with Gasteiger partial charge >= 0.3 is 0 Å². The van der Waals surface area contributed by atoms with Crippen molar-refractivity contribution in [2.75, 3.05) is 13.6 Å². The van der Waals surface area contributed by atoms with Crippen LogP contribution in [-0.2, 0) is 9.59 Å². The van der Waals surface area contributed by atoms with Gasteiger partial charge in [0.05, 0.1) is 6.54 Å². The van der Waals surface area contributed by atoms with Gasteiger partial charge in [-0.25, -0.2) is 0 Å². The molecule has 0 radical (unpaired) electrons. The van der Waals surface area contributed by atoms with Crippen LogP contribution in [0.3, 0.4) is 0 Å². The van der Waals surface area contributed by atoms with E-state index in [0.717, 1.165) is 4.90 Å². The molecule has 0 fully saturated rings. The molecule has 0 saturated carbocycles. The SMILES string of the molecule is CC(=O)N(C)C(=O)CN. The zero-order valence-electron chi connectivity index (χ0n) is 5.55. The normalized spacial score (nSPS) is 8.78. The van der Waals surface area contributed by atoms with Gasteiger partial charge < -0.3 is 5.73 Å². The molecule has 52 valence electrons. The first-order valence-electron chi connectivity index (χ1n) is 2.56. The van der Waals surface area contributed by atoms with Gasteiger partial charge in [0.2, 0.25) is 11.8 Å². The van der Waals surface area contributed by atoms with Gasteiger partial charge in [-0.15, -0.1) is 0 Å². The van der Waals surface area contributed by atoms with Gasteiger partial charge in [0, 0.05) is 14.0 Å². The first-order valence-corrected chi connectivity index (χ1v) is 2.56. The quantitative estimate of drug-likeness (QED) is 0.492. The maximum atomic E-state index is 10.5. The molecule has 0 aliphatic heterocycles. The zero-order valence-corrected chi connectivity index (χ0v) is 5.55.